The second-order valence-electron chi connectivity index (χ2n) is 6.93. The fraction of sp³-hybridized carbons (Fsp3) is 0.238. The number of urea groups is 1. The van der Waals surface area contributed by atoms with Gasteiger partial charge in [0.05, 0.1) is 11.6 Å². The summed E-state index contributed by atoms with van der Waals surface area (Å²) in [7, 11) is 0. The Morgan fingerprint density at radius 1 is 1.14 bits per heavy atom. The van der Waals surface area contributed by atoms with E-state index in [1.165, 1.54) is 0 Å². The first kappa shape index (κ1) is 20.2. The molecular weight excluding hydrogens is 397 g/mol. The van der Waals surface area contributed by atoms with Gasteiger partial charge in [-0.15, -0.1) is 0 Å². The van der Waals surface area contributed by atoms with E-state index in [0.29, 0.717) is 26.9 Å². The molecule has 3 rings (SSSR count). The highest BCUT2D eigenvalue weighted by molar-refractivity contribution is 6.35. The summed E-state index contributed by atoms with van der Waals surface area (Å²) in [6.07, 6.45) is 0. The number of carbonyl (C=O) groups excluding carboxylic acids is 2. The smallest absolute Gasteiger partial charge is 0.319 e. The fourth-order valence-corrected chi connectivity index (χ4v) is 3.79. The van der Waals surface area contributed by atoms with Crippen molar-refractivity contribution in [1.82, 2.24) is 10.6 Å². The summed E-state index contributed by atoms with van der Waals surface area (Å²) < 4.78 is 0. The van der Waals surface area contributed by atoms with E-state index in [4.69, 9.17) is 23.2 Å². The summed E-state index contributed by atoms with van der Waals surface area (Å²) >= 11 is 12.3. The quantitative estimate of drug-likeness (QED) is 0.624. The van der Waals surface area contributed by atoms with Crippen molar-refractivity contribution in [3.05, 3.63) is 74.9 Å². The van der Waals surface area contributed by atoms with Crippen molar-refractivity contribution in [2.75, 3.05) is 5.32 Å². The van der Waals surface area contributed by atoms with Gasteiger partial charge in [-0.05, 0) is 42.2 Å². The predicted molar refractivity (Wildman–Crippen MR) is 113 cm³/mol. The van der Waals surface area contributed by atoms with Crippen molar-refractivity contribution in [3.63, 3.8) is 0 Å². The molecule has 0 fully saturated rings. The van der Waals surface area contributed by atoms with Crippen molar-refractivity contribution in [2.45, 2.75) is 32.7 Å². The maximum Gasteiger partial charge on any atom is 0.319 e. The number of anilines is 1. The normalized spacial score (nSPS) is 16.6. The van der Waals surface area contributed by atoms with Gasteiger partial charge in [-0.2, -0.15) is 0 Å². The lowest BCUT2D eigenvalue weighted by atomic mass is 9.94. The van der Waals surface area contributed by atoms with Crippen LogP contribution in [-0.4, -0.2) is 11.9 Å². The molecule has 2 aromatic carbocycles. The van der Waals surface area contributed by atoms with Crippen LogP contribution in [0, 0.1) is 0 Å². The van der Waals surface area contributed by atoms with Crippen LogP contribution in [0.2, 0.25) is 10.0 Å². The lowest BCUT2D eigenvalue weighted by molar-refractivity contribution is -0.113. The first-order chi connectivity index (χ1) is 13.3. The Morgan fingerprint density at radius 2 is 1.86 bits per heavy atom. The number of hydrogen-bond donors (Lipinski definition) is 3. The van der Waals surface area contributed by atoms with Gasteiger partial charge in [0.1, 0.15) is 0 Å². The minimum Gasteiger partial charge on any atom is -0.327 e. The van der Waals surface area contributed by atoms with Crippen molar-refractivity contribution >= 4 is 40.8 Å². The van der Waals surface area contributed by atoms with Gasteiger partial charge in [0.15, 0.2) is 0 Å². The van der Waals surface area contributed by atoms with E-state index in [1.54, 1.807) is 25.1 Å². The third-order valence-corrected chi connectivity index (χ3v) is 5.18. The van der Waals surface area contributed by atoms with E-state index >= 15 is 0 Å². The van der Waals surface area contributed by atoms with Crippen LogP contribution >= 0.6 is 23.2 Å². The molecule has 2 aromatic rings. The van der Waals surface area contributed by atoms with E-state index in [9.17, 15) is 9.59 Å². The summed E-state index contributed by atoms with van der Waals surface area (Å²) in [6, 6.07) is 11.5. The third kappa shape index (κ3) is 4.16. The average molecular weight is 418 g/mol. The summed E-state index contributed by atoms with van der Waals surface area (Å²) in [4.78, 5) is 25.2. The average Bonchev–Trinajstić information content (AvgIpc) is 2.61. The van der Waals surface area contributed by atoms with Crippen LogP contribution in [0.4, 0.5) is 10.5 Å². The van der Waals surface area contributed by atoms with E-state index in [1.807, 2.05) is 24.3 Å². The Hall–Kier alpha value is -2.50. The first-order valence-corrected chi connectivity index (χ1v) is 9.67. The Bertz CT molecular complexity index is 970. The number of halogens is 2. The van der Waals surface area contributed by atoms with Crippen LogP contribution in [0.15, 0.2) is 53.7 Å². The molecule has 0 bridgehead atoms. The topological polar surface area (TPSA) is 70.2 Å². The zero-order chi connectivity index (χ0) is 20.4. The van der Waals surface area contributed by atoms with Crippen molar-refractivity contribution < 1.29 is 9.59 Å². The number of amides is 3. The van der Waals surface area contributed by atoms with Crippen LogP contribution in [0.5, 0.6) is 0 Å². The third-order valence-electron chi connectivity index (χ3n) is 4.62. The molecule has 0 saturated carbocycles. The number of para-hydroxylation sites is 1. The number of benzene rings is 2. The Labute approximate surface area is 174 Å². The van der Waals surface area contributed by atoms with Crippen LogP contribution in [0.25, 0.3) is 0 Å². The Kier molecular flexibility index (Phi) is 5.96. The molecule has 0 spiro atoms. The molecule has 0 unspecified atom stereocenters. The van der Waals surface area contributed by atoms with Gasteiger partial charge in [-0.1, -0.05) is 61.3 Å². The molecule has 5 nitrogen and oxygen atoms in total. The lowest BCUT2D eigenvalue weighted by Gasteiger charge is -2.29. The van der Waals surface area contributed by atoms with Gasteiger partial charge < -0.3 is 16.0 Å². The van der Waals surface area contributed by atoms with E-state index in [0.717, 1.165) is 11.3 Å². The zero-order valence-electron chi connectivity index (χ0n) is 15.8. The maximum absolute atomic E-state index is 13.2. The number of allylic oxidation sites excluding steroid dienone is 1. The molecule has 1 atom stereocenters. The van der Waals surface area contributed by atoms with Gasteiger partial charge in [0.2, 0.25) is 0 Å². The molecule has 1 aliphatic heterocycles. The molecule has 7 heteroatoms. The molecule has 146 valence electrons. The molecule has 3 amide bonds. The molecule has 1 aliphatic rings. The Morgan fingerprint density at radius 3 is 2.54 bits per heavy atom. The predicted octanol–water partition coefficient (Wildman–Crippen LogP) is 5.38. The Balaban J connectivity index is 2.00. The van der Waals surface area contributed by atoms with Gasteiger partial charge in [0, 0.05) is 21.4 Å². The minimum atomic E-state index is -0.690. The van der Waals surface area contributed by atoms with Gasteiger partial charge in [-0.3, -0.25) is 4.79 Å². The summed E-state index contributed by atoms with van der Waals surface area (Å²) in [5.74, 6) is -0.0635. The van der Waals surface area contributed by atoms with Crippen LogP contribution in [0.3, 0.4) is 0 Å². The highest BCUT2D eigenvalue weighted by Crippen LogP contribution is 2.34. The summed E-state index contributed by atoms with van der Waals surface area (Å²) in [5.41, 5.74) is 3.23. The number of carbonyl (C=O) groups is 2. The highest BCUT2D eigenvalue weighted by Gasteiger charge is 2.32. The second kappa shape index (κ2) is 8.25. The number of rotatable bonds is 4. The molecule has 0 radical (unpaired) electrons. The molecular formula is C21H21Cl2N3O2. The first-order valence-electron chi connectivity index (χ1n) is 8.91. The summed E-state index contributed by atoms with van der Waals surface area (Å²) in [6.45, 7) is 5.82. The molecule has 0 saturated heterocycles. The minimum absolute atomic E-state index is 0.247. The largest absolute Gasteiger partial charge is 0.327 e. The summed E-state index contributed by atoms with van der Waals surface area (Å²) in [5, 5.41) is 9.28. The van der Waals surface area contributed by atoms with Crippen LogP contribution < -0.4 is 16.0 Å². The number of nitrogens with one attached hydrogen (secondary N) is 3. The van der Waals surface area contributed by atoms with E-state index in [-0.39, 0.29) is 11.8 Å². The maximum atomic E-state index is 13.2. The molecule has 3 N–H and O–H groups in total. The second-order valence-corrected chi connectivity index (χ2v) is 7.78. The van der Waals surface area contributed by atoms with E-state index < -0.39 is 12.1 Å². The van der Waals surface area contributed by atoms with Gasteiger partial charge >= 0.3 is 6.03 Å². The van der Waals surface area contributed by atoms with Gasteiger partial charge in [-0.25, -0.2) is 4.79 Å². The molecule has 28 heavy (non-hydrogen) atoms. The van der Waals surface area contributed by atoms with Crippen molar-refractivity contribution in [3.8, 4) is 0 Å². The zero-order valence-corrected chi connectivity index (χ0v) is 17.3. The van der Waals surface area contributed by atoms with Crippen LogP contribution in [-0.2, 0) is 4.79 Å². The molecule has 0 aromatic heterocycles. The van der Waals surface area contributed by atoms with Crippen molar-refractivity contribution in [2.24, 2.45) is 0 Å². The van der Waals surface area contributed by atoms with Crippen LogP contribution in [0.1, 0.15) is 43.9 Å². The molecule has 0 aliphatic carbocycles. The van der Waals surface area contributed by atoms with Crippen molar-refractivity contribution in [1.29, 1.82) is 0 Å². The standard InChI is InChI=1S/C21H21Cl2N3O2/c1-11(2)14-6-4-5-7-17(14)25-20(27)18-12(3)24-21(28)26-19(18)15-9-8-13(22)10-16(15)23/h4-11,19H,1-3H3,(H,25,27)(H2,24,26,28)/t19-/m1/s1. The fourth-order valence-electron chi connectivity index (χ4n) is 3.27. The van der Waals surface area contributed by atoms with Gasteiger partial charge in [0.25, 0.3) is 5.91 Å². The highest BCUT2D eigenvalue weighted by atomic mass is 35.5. The number of hydrogen-bond acceptors (Lipinski definition) is 2. The SMILES string of the molecule is CC1=C(C(=O)Nc2ccccc2C(C)C)[C@@H](c2ccc(Cl)cc2Cl)NC(=O)N1. The lowest BCUT2D eigenvalue weighted by Crippen LogP contribution is -2.46. The monoisotopic (exact) mass is 417 g/mol. The molecule has 1 heterocycles. The van der Waals surface area contributed by atoms with E-state index in [2.05, 4.69) is 29.8 Å².